The highest BCUT2D eigenvalue weighted by Crippen LogP contribution is 1.98. The molecule has 0 unspecified atom stereocenters. The van der Waals surface area contributed by atoms with Gasteiger partial charge in [-0.2, -0.15) is 5.10 Å². The lowest BCUT2D eigenvalue weighted by Crippen LogP contribution is -2.41. The summed E-state index contributed by atoms with van der Waals surface area (Å²) in [4.78, 5) is 25.7. The summed E-state index contributed by atoms with van der Waals surface area (Å²) in [7, 11) is 0. The highest BCUT2D eigenvalue weighted by atomic mass is 16.4. The van der Waals surface area contributed by atoms with E-state index in [2.05, 4.69) is 20.5 Å². The molecule has 0 aliphatic rings. The lowest BCUT2D eigenvalue weighted by Gasteiger charge is -2.11. The molecule has 1 heterocycles. The van der Waals surface area contributed by atoms with Crippen LogP contribution < -0.4 is 5.32 Å². The van der Waals surface area contributed by atoms with Crippen LogP contribution in [0.2, 0.25) is 0 Å². The summed E-state index contributed by atoms with van der Waals surface area (Å²) in [5, 5.41) is 17.0. The maximum absolute atomic E-state index is 11.4. The number of hydrogen-bond acceptors (Lipinski definition) is 4. The number of aromatic nitrogens is 3. The number of H-pyrrole nitrogens is 1. The Hall–Kier alpha value is -1.92. The molecule has 82 valence electrons. The molecule has 0 spiro atoms. The molecular formula is C8H12N4O3. The average molecular weight is 212 g/mol. The Morgan fingerprint density at radius 1 is 1.67 bits per heavy atom. The fourth-order valence-electron chi connectivity index (χ4n) is 1.09. The second-order valence-electron chi connectivity index (χ2n) is 2.99. The Bertz CT molecular complexity index is 336. The number of nitrogens with zero attached hydrogens (tertiary/aromatic N) is 2. The zero-order valence-electron chi connectivity index (χ0n) is 8.23. The van der Waals surface area contributed by atoms with Crippen LogP contribution in [-0.2, 0) is 4.79 Å². The van der Waals surface area contributed by atoms with Gasteiger partial charge in [0.05, 0.1) is 0 Å². The molecule has 1 aromatic heterocycles. The molecule has 1 atom stereocenters. The van der Waals surface area contributed by atoms with Crippen molar-refractivity contribution in [2.24, 2.45) is 0 Å². The first kappa shape index (κ1) is 11.2. The Kier molecular flexibility index (Phi) is 3.78. The van der Waals surface area contributed by atoms with Crippen molar-refractivity contribution in [2.75, 3.05) is 0 Å². The number of carboxylic acids is 1. The summed E-state index contributed by atoms with van der Waals surface area (Å²) in [5.74, 6) is -1.60. The molecule has 1 rings (SSSR count). The summed E-state index contributed by atoms with van der Waals surface area (Å²) in [5.41, 5.74) is 0. The summed E-state index contributed by atoms with van der Waals surface area (Å²) in [6, 6.07) is -0.882. The van der Waals surface area contributed by atoms with Crippen LogP contribution in [0.25, 0.3) is 0 Å². The number of nitrogens with one attached hydrogen (secondary N) is 2. The van der Waals surface area contributed by atoms with Crippen molar-refractivity contribution in [3.05, 3.63) is 12.2 Å². The van der Waals surface area contributed by atoms with Crippen molar-refractivity contribution in [2.45, 2.75) is 25.8 Å². The van der Waals surface area contributed by atoms with Gasteiger partial charge in [0.15, 0.2) is 0 Å². The Labute approximate surface area is 85.9 Å². The van der Waals surface area contributed by atoms with Gasteiger partial charge >= 0.3 is 5.97 Å². The third-order valence-corrected chi connectivity index (χ3v) is 1.81. The van der Waals surface area contributed by atoms with Gasteiger partial charge in [0.25, 0.3) is 5.91 Å². The minimum atomic E-state index is -1.05. The second-order valence-corrected chi connectivity index (χ2v) is 2.99. The van der Waals surface area contributed by atoms with Crippen LogP contribution in [0.15, 0.2) is 6.33 Å². The number of aliphatic carboxylic acids is 1. The molecule has 0 fully saturated rings. The van der Waals surface area contributed by atoms with Crippen molar-refractivity contribution in [1.29, 1.82) is 0 Å². The van der Waals surface area contributed by atoms with Crippen LogP contribution in [-0.4, -0.2) is 38.2 Å². The van der Waals surface area contributed by atoms with Gasteiger partial charge in [-0.3, -0.25) is 9.89 Å². The Morgan fingerprint density at radius 3 is 2.87 bits per heavy atom. The van der Waals surface area contributed by atoms with Gasteiger partial charge in [0.1, 0.15) is 12.4 Å². The third-order valence-electron chi connectivity index (χ3n) is 1.81. The lowest BCUT2D eigenvalue weighted by atomic mass is 10.1. The van der Waals surface area contributed by atoms with Gasteiger partial charge < -0.3 is 10.4 Å². The molecule has 1 amide bonds. The number of carboxylic acid groups (broad SMARTS) is 1. The smallest absolute Gasteiger partial charge is 0.326 e. The largest absolute Gasteiger partial charge is 0.480 e. The molecule has 0 aliphatic carbocycles. The Morgan fingerprint density at radius 2 is 2.40 bits per heavy atom. The van der Waals surface area contributed by atoms with Gasteiger partial charge in [-0.05, 0) is 6.42 Å². The molecule has 0 bridgehead atoms. The van der Waals surface area contributed by atoms with E-state index in [1.165, 1.54) is 6.33 Å². The van der Waals surface area contributed by atoms with Gasteiger partial charge in [0.2, 0.25) is 5.82 Å². The van der Waals surface area contributed by atoms with Crippen molar-refractivity contribution in [1.82, 2.24) is 20.5 Å². The molecule has 15 heavy (non-hydrogen) atoms. The summed E-state index contributed by atoms with van der Waals surface area (Å²) >= 11 is 0. The number of hydrogen-bond donors (Lipinski definition) is 3. The predicted molar refractivity (Wildman–Crippen MR) is 50.2 cm³/mol. The third kappa shape index (κ3) is 3.04. The lowest BCUT2D eigenvalue weighted by molar-refractivity contribution is -0.139. The topological polar surface area (TPSA) is 108 Å². The maximum Gasteiger partial charge on any atom is 0.326 e. The van der Waals surface area contributed by atoms with Crippen LogP contribution in [0.5, 0.6) is 0 Å². The molecule has 7 heteroatoms. The maximum atomic E-state index is 11.4. The van der Waals surface area contributed by atoms with E-state index in [9.17, 15) is 9.59 Å². The average Bonchev–Trinajstić information content (AvgIpc) is 2.69. The minimum absolute atomic E-state index is 0.0114. The van der Waals surface area contributed by atoms with Crippen LogP contribution in [0.3, 0.4) is 0 Å². The molecule has 0 radical (unpaired) electrons. The molecule has 3 N–H and O–H groups in total. The molecule has 0 aliphatic heterocycles. The van der Waals surface area contributed by atoms with E-state index in [1.54, 1.807) is 0 Å². The van der Waals surface area contributed by atoms with E-state index in [0.29, 0.717) is 12.8 Å². The minimum Gasteiger partial charge on any atom is -0.480 e. The summed E-state index contributed by atoms with van der Waals surface area (Å²) in [6.07, 6.45) is 2.24. The molecular weight excluding hydrogens is 200 g/mol. The molecule has 0 aromatic carbocycles. The standard InChI is InChI=1S/C8H12N4O3/c1-2-3-5(8(14)15)11-7(13)6-9-4-10-12-6/h4-5H,2-3H2,1H3,(H,11,13)(H,14,15)(H,9,10,12)/t5-/m0/s1. The van der Waals surface area contributed by atoms with Crippen LogP contribution in [0, 0.1) is 0 Å². The Balaban J connectivity index is 2.59. The van der Waals surface area contributed by atoms with Crippen molar-refractivity contribution in [3.8, 4) is 0 Å². The van der Waals surface area contributed by atoms with E-state index >= 15 is 0 Å². The normalized spacial score (nSPS) is 12.1. The van der Waals surface area contributed by atoms with Crippen LogP contribution in [0.1, 0.15) is 30.4 Å². The molecule has 0 saturated heterocycles. The number of carbonyl (C=O) groups excluding carboxylic acids is 1. The van der Waals surface area contributed by atoms with Gasteiger partial charge in [-0.1, -0.05) is 13.3 Å². The molecule has 0 saturated carbocycles. The SMILES string of the molecule is CCC[C@H](NC(=O)c1ncn[nH]1)C(=O)O. The zero-order valence-corrected chi connectivity index (χ0v) is 8.23. The first-order valence-corrected chi connectivity index (χ1v) is 4.54. The van der Waals surface area contributed by atoms with Crippen LogP contribution in [0.4, 0.5) is 0 Å². The van der Waals surface area contributed by atoms with Gasteiger partial charge in [-0.25, -0.2) is 9.78 Å². The second kappa shape index (κ2) is 5.08. The van der Waals surface area contributed by atoms with Crippen molar-refractivity contribution in [3.63, 3.8) is 0 Å². The first-order valence-electron chi connectivity index (χ1n) is 4.54. The van der Waals surface area contributed by atoms with E-state index in [1.807, 2.05) is 6.92 Å². The highest BCUT2D eigenvalue weighted by Gasteiger charge is 2.20. The highest BCUT2D eigenvalue weighted by molar-refractivity contribution is 5.93. The van der Waals surface area contributed by atoms with Gasteiger partial charge in [0, 0.05) is 0 Å². The first-order chi connectivity index (χ1) is 7.15. The van der Waals surface area contributed by atoms with E-state index in [4.69, 9.17) is 5.11 Å². The van der Waals surface area contributed by atoms with E-state index in [-0.39, 0.29) is 5.82 Å². The quantitative estimate of drug-likeness (QED) is 0.625. The predicted octanol–water partition coefficient (Wildman–Crippen LogP) is -0.212. The van der Waals surface area contributed by atoms with E-state index < -0.39 is 17.9 Å². The van der Waals surface area contributed by atoms with Gasteiger partial charge in [-0.15, -0.1) is 0 Å². The summed E-state index contributed by atoms with van der Waals surface area (Å²) < 4.78 is 0. The fraction of sp³-hybridized carbons (Fsp3) is 0.500. The number of carbonyl (C=O) groups is 2. The number of rotatable bonds is 5. The monoisotopic (exact) mass is 212 g/mol. The summed E-state index contributed by atoms with van der Waals surface area (Å²) in [6.45, 7) is 1.84. The van der Waals surface area contributed by atoms with Crippen LogP contribution >= 0.6 is 0 Å². The zero-order chi connectivity index (χ0) is 11.3. The van der Waals surface area contributed by atoms with Crippen molar-refractivity contribution >= 4 is 11.9 Å². The van der Waals surface area contributed by atoms with E-state index in [0.717, 1.165) is 0 Å². The number of amides is 1. The molecule has 1 aromatic rings. The number of aromatic amines is 1. The molecule has 7 nitrogen and oxygen atoms in total. The van der Waals surface area contributed by atoms with Crippen molar-refractivity contribution < 1.29 is 14.7 Å². The fourth-order valence-corrected chi connectivity index (χ4v) is 1.09.